The Morgan fingerprint density at radius 3 is 1.44 bits per heavy atom. The first kappa shape index (κ1) is 32.2. The van der Waals surface area contributed by atoms with Gasteiger partial charge >= 0.3 is 0 Å². The van der Waals surface area contributed by atoms with Crippen LogP contribution in [0.2, 0.25) is 0 Å². The number of hydrogen-bond donors (Lipinski definition) is 0. The Kier molecular flexibility index (Phi) is 6.56. The van der Waals surface area contributed by atoms with Gasteiger partial charge < -0.3 is 9.13 Å². The fourth-order valence-electron chi connectivity index (χ4n) is 10.0. The number of pyridine rings is 1. The van der Waals surface area contributed by atoms with Crippen molar-refractivity contribution in [3.05, 3.63) is 211 Å². The van der Waals surface area contributed by atoms with Crippen molar-refractivity contribution in [2.24, 2.45) is 0 Å². The quantitative estimate of drug-likeness (QED) is 0.165. The first-order valence-electron chi connectivity index (χ1n) is 20.1. The fourth-order valence-corrected chi connectivity index (χ4v) is 10.0. The highest BCUT2D eigenvalue weighted by molar-refractivity contribution is 6.22. The van der Waals surface area contributed by atoms with Gasteiger partial charge in [-0.05, 0) is 88.8 Å². The van der Waals surface area contributed by atoms with Crippen LogP contribution in [-0.2, 0) is 0 Å². The number of aromatic nitrogens is 3. The fraction of sp³-hybridized carbons (Fsp3) is 0. The van der Waals surface area contributed by atoms with Crippen molar-refractivity contribution in [1.29, 1.82) is 0 Å². The van der Waals surface area contributed by atoms with Crippen molar-refractivity contribution in [3.8, 4) is 33.6 Å². The second kappa shape index (κ2) is 12.0. The summed E-state index contributed by atoms with van der Waals surface area (Å²) in [6, 6.07) is 71.4. The van der Waals surface area contributed by atoms with Crippen LogP contribution >= 0.6 is 0 Å². The van der Waals surface area contributed by atoms with Gasteiger partial charge in [-0.25, -0.2) is 0 Å². The van der Waals surface area contributed by atoms with E-state index in [0.717, 1.165) is 71.5 Å². The molecule has 0 radical (unpaired) electrons. The molecule has 0 saturated heterocycles. The van der Waals surface area contributed by atoms with Crippen molar-refractivity contribution < 1.29 is 0 Å². The number of hydrogen-bond acceptors (Lipinski definition) is 1. The van der Waals surface area contributed by atoms with Crippen molar-refractivity contribution in [1.82, 2.24) is 13.5 Å². The number of para-hydroxylation sites is 5. The number of benzene rings is 9. The van der Waals surface area contributed by atoms with Crippen LogP contribution < -0.4 is 5.56 Å². The summed E-state index contributed by atoms with van der Waals surface area (Å²) < 4.78 is 6.71. The maximum Gasteiger partial charge on any atom is 0.263 e. The molecule has 13 aromatic rings. The molecule has 0 aliphatic heterocycles. The van der Waals surface area contributed by atoms with Crippen LogP contribution in [-0.4, -0.2) is 13.5 Å². The summed E-state index contributed by atoms with van der Waals surface area (Å²) in [7, 11) is 0. The van der Waals surface area contributed by atoms with Gasteiger partial charge in [0.05, 0.1) is 33.1 Å². The zero-order chi connectivity index (χ0) is 38.8. The molecular formula is C55H33N3O. The molecule has 0 N–H and O–H groups in total. The van der Waals surface area contributed by atoms with Gasteiger partial charge in [0.15, 0.2) is 0 Å². The van der Waals surface area contributed by atoms with Gasteiger partial charge in [-0.1, -0.05) is 133 Å². The van der Waals surface area contributed by atoms with Crippen LogP contribution in [0.3, 0.4) is 0 Å². The first-order valence-corrected chi connectivity index (χ1v) is 20.1. The monoisotopic (exact) mass is 751 g/mol. The summed E-state index contributed by atoms with van der Waals surface area (Å²) in [5, 5.41) is 9.89. The number of fused-ring (bicyclic) bond motifs is 11. The third kappa shape index (κ3) is 4.46. The van der Waals surface area contributed by atoms with E-state index in [1.54, 1.807) is 0 Å². The third-order valence-corrected chi connectivity index (χ3v) is 12.6. The lowest BCUT2D eigenvalue weighted by Gasteiger charge is -2.12. The van der Waals surface area contributed by atoms with Crippen LogP contribution in [0.4, 0.5) is 0 Å². The van der Waals surface area contributed by atoms with Crippen LogP contribution in [0.15, 0.2) is 205 Å². The lowest BCUT2D eigenvalue weighted by Crippen LogP contribution is -2.13. The normalized spacial score (nSPS) is 12.1. The summed E-state index contributed by atoms with van der Waals surface area (Å²) in [5.41, 5.74) is 13.3. The maximum absolute atomic E-state index is 14.4. The topological polar surface area (TPSA) is 31.3 Å². The van der Waals surface area contributed by atoms with Crippen molar-refractivity contribution >= 4 is 81.6 Å². The molecule has 0 spiro atoms. The van der Waals surface area contributed by atoms with Gasteiger partial charge in [-0.2, -0.15) is 0 Å². The van der Waals surface area contributed by atoms with E-state index in [2.05, 4.69) is 191 Å². The smallest absolute Gasteiger partial charge is 0.263 e. The molecule has 59 heavy (non-hydrogen) atoms. The Labute approximate surface area is 338 Å². The van der Waals surface area contributed by atoms with E-state index < -0.39 is 0 Å². The minimum absolute atomic E-state index is 0.0159. The predicted octanol–water partition coefficient (Wildman–Crippen LogP) is 13.7. The zero-order valence-corrected chi connectivity index (χ0v) is 31.8. The Morgan fingerprint density at radius 1 is 0.288 bits per heavy atom. The number of rotatable bonds is 4. The summed E-state index contributed by atoms with van der Waals surface area (Å²) in [6.45, 7) is 0. The van der Waals surface area contributed by atoms with Crippen LogP contribution in [0, 0.1) is 0 Å². The van der Waals surface area contributed by atoms with Gasteiger partial charge in [-0.15, -0.1) is 0 Å². The Balaban J connectivity index is 0.992. The highest BCUT2D eigenvalue weighted by atomic mass is 16.1. The molecule has 4 aromatic heterocycles. The Hall–Kier alpha value is -7.95. The maximum atomic E-state index is 14.4. The average molecular weight is 752 g/mol. The van der Waals surface area contributed by atoms with E-state index in [4.69, 9.17) is 0 Å². The second-order valence-corrected chi connectivity index (χ2v) is 15.6. The van der Waals surface area contributed by atoms with Gasteiger partial charge in [0.2, 0.25) is 0 Å². The SMILES string of the molecule is O=c1c2ccccc2c2cccc3c4cccc(-c5cccc(-n6c7ccccc7c7cc(-c8ccc9c(c8)c8ccccc8n9-c8ccccc8)ccc76)c5)c4n1c23. The Bertz CT molecular complexity index is 3920. The molecule has 0 amide bonds. The highest BCUT2D eigenvalue weighted by Crippen LogP contribution is 2.41. The molecule has 0 saturated carbocycles. The van der Waals surface area contributed by atoms with E-state index in [9.17, 15) is 4.79 Å². The average Bonchev–Trinajstić information content (AvgIpc) is 3.94. The molecule has 0 aliphatic carbocycles. The third-order valence-electron chi connectivity index (χ3n) is 12.6. The van der Waals surface area contributed by atoms with E-state index in [1.165, 1.54) is 43.7 Å². The molecule has 4 heterocycles. The summed E-state index contributed by atoms with van der Waals surface area (Å²) in [6.07, 6.45) is 0. The molecule has 13 rings (SSSR count). The molecule has 0 bridgehead atoms. The molecule has 0 unspecified atom stereocenters. The van der Waals surface area contributed by atoms with Gasteiger partial charge in [-0.3, -0.25) is 9.20 Å². The van der Waals surface area contributed by atoms with Crippen molar-refractivity contribution in [3.63, 3.8) is 0 Å². The van der Waals surface area contributed by atoms with Gasteiger partial charge in [0.25, 0.3) is 5.56 Å². The van der Waals surface area contributed by atoms with Crippen LogP contribution in [0.5, 0.6) is 0 Å². The molecule has 4 nitrogen and oxygen atoms in total. The molecule has 9 aromatic carbocycles. The van der Waals surface area contributed by atoms with Crippen molar-refractivity contribution in [2.75, 3.05) is 0 Å². The zero-order valence-electron chi connectivity index (χ0n) is 31.8. The van der Waals surface area contributed by atoms with Gasteiger partial charge in [0.1, 0.15) is 0 Å². The predicted molar refractivity (Wildman–Crippen MR) is 247 cm³/mol. The molecule has 0 aliphatic rings. The molecule has 0 fully saturated rings. The standard InChI is InChI=1S/C55H33N3O/c59-55-46-20-5-4-17-40(46)43-22-12-24-45-44-23-11-21-39(53(44)58(55)54(43)45)36-13-10-16-38(31-36)57-50-26-9-7-19-42(50)48-33-35(28-30-52(48)57)34-27-29-51-47(32-34)41-18-6-8-25-49(41)56(51)37-14-2-1-3-15-37/h1-33H. The molecule has 274 valence electrons. The van der Waals surface area contributed by atoms with Crippen LogP contribution in [0.25, 0.3) is 115 Å². The second-order valence-electron chi connectivity index (χ2n) is 15.6. The van der Waals surface area contributed by atoms with E-state index >= 15 is 0 Å². The largest absolute Gasteiger partial charge is 0.309 e. The van der Waals surface area contributed by atoms with Gasteiger partial charge in [0, 0.05) is 60.0 Å². The van der Waals surface area contributed by atoms with Crippen LogP contribution in [0.1, 0.15) is 0 Å². The molecular weight excluding hydrogens is 719 g/mol. The number of nitrogens with zero attached hydrogens (tertiary/aromatic N) is 3. The highest BCUT2D eigenvalue weighted by Gasteiger charge is 2.21. The summed E-state index contributed by atoms with van der Waals surface area (Å²) >= 11 is 0. The summed E-state index contributed by atoms with van der Waals surface area (Å²) in [4.78, 5) is 14.4. The van der Waals surface area contributed by atoms with E-state index in [1.807, 2.05) is 22.6 Å². The Morgan fingerprint density at radius 2 is 0.763 bits per heavy atom. The minimum atomic E-state index is 0.0159. The molecule has 0 atom stereocenters. The van der Waals surface area contributed by atoms with E-state index in [0.29, 0.717) is 0 Å². The van der Waals surface area contributed by atoms with E-state index in [-0.39, 0.29) is 5.56 Å². The van der Waals surface area contributed by atoms with Crippen molar-refractivity contribution in [2.45, 2.75) is 0 Å². The first-order chi connectivity index (χ1) is 29.2. The lowest BCUT2D eigenvalue weighted by molar-refractivity contribution is 1.18. The molecule has 4 heteroatoms. The minimum Gasteiger partial charge on any atom is -0.309 e. The summed E-state index contributed by atoms with van der Waals surface area (Å²) in [5.74, 6) is 0. The lowest BCUT2D eigenvalue weighted by atomic mass is 10.0.